The van der Waals surface area contributed by atoms with Gasteiger partial charge in [0.2, 0.25) is 6.10 Å². The highest BCUT2D eigenvalue weighted by Gasteiger charge is 2.90. The van der Waals surface area contributed by atoms with Gasteiger partial charge in [-0.2, -0.15) is 0 Å². The van der Waals surface area contributed by atoms with E-state index in [1.54, 1.807) is 26.8 Å². The third-order valence-corrected chi connectivity index (χ3v) is 12.6. The summed E-state index contributed by atoms with van der Waals surface area (Å²) in [5.74, 6) is -5.28. The van der Waals surface area contributed by atoms with Crippen LogP contribution in [0, 0.1) is 28.1 Å². The minimum Gasteiger partial charge on any atom is -0.472 e. The van der Waals surface area contributed by atoms with Crippen molar-refractivity contribution in [3.8, 4) is 0 Å². The molecule has 2 bridgehead atoms. The molecule has 2 heterocycles. The fourth-order valence-electron chi connectivity index (χ4n) is 10.6. The Balaban J connectivity index is 1.71. The third kappa shape index (κ3) is 4.40. The van der Waals surface area contributed by atoms with E-state index < -0.39 is 93.5 Å². The average Bonchev–Trinajstić information content (AvgIpc) is 3.68. The molecule has 0 unspecified atom stereocenters. The molecule has 0 aromatic carbocycles. The lowest BCUT2D eigenvalue weighted by Crippen LogP contribution is -2.80. The van der Waals surface area contributed by atoms with Crippen molar-refractivity contribution in [2.45, 2.75) is 110 Å². The number of rotatable bonds is 7. The second-order valence-electron chi connectivity index (χ2n) is 15.0. The Morgan fingerprint density at radius 3 is 2.29 bits per heavy atom. The summed E-state index contributed by atoms with van der Waals surface area (Å²) in [6.07, 6.45) is -0.907. The fraction of sp³-hybridized carbons (Fsp3) is 0.639. The summed E-state index contributed by atoms with van der Waals surface area (Å²) in [6, 6.07) is 1.65. The van der Waals surface area contributed by atoms with E-state index in [1.807, 2.05) is 6.92 Å². The van der Waals surface area contributed by atoms with Crippen LogP contribution in [0.2, 0.25) is 0 Å². The molecule has 13 nitrogen and oxygen atoms in total. The molecule has 0 radical (unpaired) electrons. The van der Waals surface area contributed by atoms with Crippen molar-refractivity contribution < 1.29 is 62.3 Å². The van der Waals surface area contributed by atoms with Crippen LogP contribution in [0.15, 0.2) is 45.8 Å². The first-order chi connectivity index (χ1) is 22.9. The standard InChI is InChI=1S/C36H44O13/c1-9-17(2)29(40)49-31-33(6)16-35(42)34(7,22(33)14-23(39)44-8)21-10-12-32(5)25(24(21)28(36(31,35)43)47-19(4)38)26(46-18(3)37)30(41)48-27(32)20-11-13-45-15-20/h9,11,13,15,21-22,26-28,31,42-43H,10,12,14,16H2,1-8H3/b17-9+/t21-,22-,26+,27-,28-,31-,32+,33+,34+,35+,36+/m0/s1. The van der Waals surface area contributed by atoms with Crippen LogP contribution in [0.25, 0.3) is 0 Å². The molecule has 49 heavy (non-hydrogen) atoms. The molecule has 1 aliphatic heterocycles. The van der Waals surface area contributed by atoms with Crippen molar-refractivity contribution in [2.24, 2.45) is 28.1 Å². The maximum atomic E-state index is 13.9. The molecule has 0 spiro atoms. The molecule has 2 N–H and O–H groups in total. The molecule has 4 aliphatic carbocycles. The summed E-state index contributed by atoms with van der Waals surface area (Å²) >= 11 is 0. The first-order valence-corrected chi connectivity index (χ1v) is 16.5. The summed E-state index contributed by atoms with van der Waals surface area (Å²) in [5.41, 5.74) is -6.93. The molecular formula is C36H44O13. The number of aliphatic hydroxyl groups is 2. The number of hydrogen-bond acceptors (Lipinski definition) is 13. The van der Waals surface area contributed by atoms with Crippen molar-refractivity contribution in [3.63, 3.8) is 0 Å². The molecule has 13 heteroatoms. The van der Waals surface area contributed by atoms with E-state index in [9.17, 15) is 34.2 Å². The largest absolute Gasteiger partial charge is 0.472 e. The summed E-state index contributed by atoms with van der Waals surface area (Å²) < 4.78 is 34.2. The Bertz CT molecular complexity index is 1670. The molecule has 11 atom stereocenters. The first-order valence-electron chi connectivity index (χ1n) is 16.5. The van der Waals surface area contributed by atoms with Gasteiger partial charge in [0, 0.05) is 47.6 Å². The zero-order chi connectivity index (χ0) is 36.1. The molecule has 266 valence electrons. The van der Waals surface area contributed by atoms with E-state index in [1.165, 1.54) is 32.6 Å². The smallest absolute Gasteiger partial charge is 0.352 e. The maximum absolute atomic E-state index is 13.9. The maximum Gasteiger partial charge on any atom is 0.352 e. The molecule has 5 aliphatic rings. The van der Waals surface area contributed by atoms with E-state index in [-0.39, 0.29) is 29.6 Å². The van der Waals surface area contributed by atoms with Gasteiger partial charge in [-0.1, -0.05) is 26.8 Å². The first kappa shape index (κ1) is 34.9. The normalized spacial score (nSPS) is 42.1. The number of cyclic esters (lactones) is 1. The average molecular weight is 685 g/mol. The second-order valence-corrected chi connectivity index (χ2v) is 15.0. The Morgan fingerprint density at radius 2 is 1.71 bits per heavy atom. The van der Waals surface area contributed by atoms with Gasteiger partial charge in [0.25, 0.3) is 0 Å². The van der Waals surface area contributed by atoms with Gasteiger partial charge in [-0.3, -0.25) is 14.4 Å². The van der Waals surface area contributed by atoms with Crippen LogP contribution in [-0.4, -0.2) is 76.7 Å². The molecule has 4 fully saturated rings. The van der Waals surface area contributed by atoms with E-state index in [0.717, 1.165) is 13.8 Å². The number of furan rings is 1. The molecular weight excluding hydrogens is 640 g/mol. The molecule has 1 aromatic heterocycles. The van der Waals surface area contributed by atoms with Crippen LogP contribution in [-0.2, 0) is 47.7 Å². The Morgan fingerprint density at radius 1 is 1.04 bits per heavy atom. The zero-order valence-electron chi connectivity index (χ0n) is 29.0. The van der Waals surface area contributed by atoms with Crippen molar-refractivity contribution in [3.05, 3.63) is 47.0 Å². The Kier molecular flexibility index (Phi) is 8.03. The molecule has 1 saturated heterocycles. The summed E-state index contributed by atoms with van der Waals surface area (Å²) in [6.45, 7) is 10.9. The number of esters is 5. The quantitative estimate of drug-likeness (QED) is 0.184. The van der Waals surface area contributed by atoms with E-state index in [0.29, 0.717) is 18.4 Å². The van der Waals surface area contributed by atoms with Crippen LogP contribution in [0.1, 0.15) is 85.8 Å². The lowest BCUT2D eigenvalue weighted by Gasteiger charge is -2.68. The molecule has 6 rings (SSSR count). The van der Waals surface area contributed by atoms with Gasteiger partial charge in [0.1, 0.15) is 17.8 Å². The van der Waals surface area contributed by atoms with Gasteiger partial charge in [0.15, 0.2) is 11.7 Å². The van der Waals surface area contributed by atoms with Crippen LogP contribution in [0.5, 0.6) is 0 Å². The van der Waals surface area contributed by atoms with Gasteiger partial charge in [-0.25, -0.2) is 9.59 Å². The summed E-state index contributed by atoms with van der Waals surface area (Å²) in [7, 11) is 1.25. The Hall–Kier alpha value is -3.97. The lowest BCUT2D eigenvalue weighted by atomic mass is 9.40. The minimum atomic E-state index is -2.48. The lowest BCUT2D eigenvalue weighted by molar-refractivity contribution is -0.316. The minimum absolute atomic E-state index is 0.108. The van der Waals surface area contributed by atoms with Crippen LogP contribution in [0.3, 0.4) is 0 Å². The fourth-order valence-corrected chi connectivity index (χ4v) is 10.6. The van der Waals surface area contributed by atoms with Gasteiger partial charge < -0.3 is 38.3 Å². The molecule has 3 saturated carbocycles. The van der Waals surface area contributed by atoms with Gasteiger partial charge >= 0.3 is 29.8 Å². The molecule has 0 amide bonds. The number of ether oxygens (including phenoxy) is 5. The van der Waals surface area contributed by atoms with Gasteiger partial charge in [-0.05, 0) is 62.2 Å². The predicted molar refractivity (Wildman–Crippen MR) is 167 cm³/mol. The van der Waals surface area contributed by atoms with Crippen LogP contribution >= 0.6 is 0 Å². The highest BCUT2D eigenvalue weighted by Crippen LogP contribution is 2.81. The number of fused-ring (bicyclic) bond motifs is 4. The van der Waals surface area contributed by atoms with E-state index >= 15 is 0 Å². The monoisotopic (exact) mass is 684 g/mol. The zero-order valence-corrected chi connectivity index (χ0v) is 29.0. The van der Waals surface area contributed by atoms with Crippen LogP contribution < -0.4 is 0 Å². The highest BCUT2D eigenvalue weighted by atomic mass is 16.6. The van der Waals surface area contributed by atoms with E-state index in [4.69, 9.17) is 28.1 Å². The predicted octanol–water partition coefficient (Wildman–Crippen LogP) is 3.42. The number of allylic oxidation sites excluding steroid dienone is 1. The highest BCUT2D eigenvalue weighted by molar-refractivity contribution is 5.88. The number of methoxy groups -OCH3 is 1. The topological polar surface area (TPSA) is 185 Å². The number of hydrogen-bond donors (Lipinski definition) is 2. The van der Waals surface area contributed by atoms with Crippen molar-refractivity contribution in [1.82, 2.24) is 0 Å². The number of carbonyl (C=O) groups is 5. The summed E-state index contributed by atoms with van der Waals surface area (Å²) in [4.78, 5) is 66.0. The van der Waals surface area contributed by atoms with Crippen molar-refractivity contribution in [2.75, 3.05) is 7.11 Å². The second kappa shape index (κ2) is 11.3. The van der Waals surface area contributed by atoms with Crippen molar-refractivity contribution >= 4 is 29.8 Å². The SMILES string of the molecule is C/C=C(\C)C(=O)O[C@H]1[C@]2(C)C[C@@]3(O)[C@](C)([C@H]4CC[C@]5(C)C(=C4[C@H](OC(C)=O)[C@@]13O)[C@@H](OC(C)=O)C(=O)O[C@H]5c1ccoc1)[C@H]2CC(=O)OC. The van der Waals surface area contributed by atoms with Crippen LogP contribution in [0.4, 0.5) is 0 Å². The van der Waals surface area contributed by atoms with Crippen molar-refractivity contribution in [1.29, 1.82) is 0 Å². The third-order valence-electron chi connectivity index (χ3n) is 12.6. The Labute approximate surface area is 283 Å². The van der Waals surface area contributed by atoms with Gasteiger partial charge in [0.05, 0.1) is 19.6 Å². The summed E-state index contributed by atoms with van der Waals surface area (Å²) in [5, 5.41) is 26.3. The van der Waals surface area contributed by atoms with E-state index in [2.05, 4.69) is 0 Å². The molecule has 1 aromatic rings. The number of carbonyl (C=O) groups excluding carboxylic acids is 5. The van der Waals surface area contributed by atoms with Gasteiger partial charge in [-0.15, -0.1) is 0 Å².